The molecule has 3 heterocycles. The van der Waals surface area contributed by atoms with Gasteiger partial charge in [-0.25, -0.2) is 4.79 Å². The molecule has 160 valence electrons. The van der Waals surface area contributed by atoms with E-state index in [1.165, 1.54) is 22.3 Å². The second-order valence-electron chi connectivity index (χ2n) is 7.67. The van der Waals surface area contributed by atoms with E-state index in [2.05, 4.69) is 16.4 Å². The first kappa shape index (κ1) is 21.0. The fourth-order valence-electron chi connectivity index (χ4n) is 3.69. The lowest BCUT2D eigenvalue weighted by Crippen LogP contribution is -2.53. The van der Waals surface area contributed by atoms with Crippen molar-refractivity contribution >= 4 is 34.4 Å². The Morgan fingerprint density at radius 1 is 1.45 bits per heavy atom. The van der Waals surface area contributed by atoms with Crippen molar-refractivity contribution < 1.29 is 19.4 Å². The van der Waals surface area contributed by atoms with Crippen molar-refractivity contribution in [1.82, 2.24) is 9.88 Å². The van der Waals surface area contributed by atoms with Crippen molar-refractivity contribution in [2.75, 3.05) is 25.0 Å². The van der Waals surface area contributed by atoms with Crippen molar-refractivity contribution in [1.29, 1.82) is 5.26 Å². The lowest BCUT2D eigenvalue weighted by Gasteiger charge is -2.35. The summed E-state index contributed by atoms with van der Waals surface area (Å²) in [6, 6.07) is 5.86. The summed E-state index contributed by atoms with van der Waals surface area (Å²) in [5.74, 6) is -0.136. The number of aliphatic hydroxyl groups is 1. The molecule has 0 spiro atoms. The van der Waals surface area contributed by atoms with Gasteiger partial charge >= 0.3 is 6.09 Å². The van der Waals surface area contributed by atoms with Gasteiger partial charge in [0.15, 0.2) is 0 Å². The molecule has 2 aliphatic rings. The second-order valence-corrected chi connectivity index (χ2v) is 8.78. The fourth-order valence-corrected chi connectivity index (χ4v) is 5.00. The maximum absolute atomic E-state index is 12.3. The molecule has 2 N–H and O–H groups in total. The van der Waals surface area contributed by atoms with E-state index in [0.717, 1.165) is 22.4 Å². The molecule has 31 heavy (non-hydrogen) atoms. The van der Waals surface area contributed by atoms with Gasteiger partial charge in [0.25, 0.3) is 0 Å². The number of nitriles is 1. The largest absolute Gasteiger partial charge is 0.449 e. The second kappa shape index (κ2) is 9.29. The highest BCUT2D eigenvalue weighted by molar-refractivity contribution is 7.16. The number of anilines is 1. The third-order valence-electron chi connectivity index (χ3n) is 5.39. The van der Waals surface area contributed by atoms with Crippen molar-refractivity contribution in [2.24, 2.45) is 5.92 Å². The summed E-state index contributed by atoms with van der Waals surface area (Å²) in [7, 11) is 0. The number of carbonyl (C=O) groups is 2. The summed E-state index contributed by atoms with van der Waals surface area (Å²) in [5.41, 5.74) is 2.31. The van der Waals surface area contributed by atoms with Crippen molar-refractivity contribution in [3.8, 4) is 6.07 Å². The van der Waals surface area contributed by atoms with Crippen molar-refractivity contribution in [3.63, 3.8) is 0 Å². The minimum absolute atomic E-state index is 0.168. The maximum Gasteiger partial charge on any atom is 0.409 e. The van der Waals surface area contributed by atoms with E-state index in [1.807, 2.05) is 6.07 Å². The predicted molar refractivity (Wildman–Crippen MR) is 115 cm³/mol. The van der Waals surface area contributed by atoms with Gasteiger partial charge in [-0.3, -0.25) is 9.78 Å². The highest BCUT2D eigenvalue weighted by Gasteiger charge is 2.31. The Bertz CT molecular complexity index is 1040. The Kier molecular flexibility index (Phi) is 6.30. The number of ether oxygens (including phenoxy) is 1. The molecule has 1 unspecified atom stereocenters. The molecule has 0 radical (unpaired) electrons. The molecule has 0 saturated carbocycles. The van der Waals surface area contributed by atoms with Gasteiger partial charge in [0.1, 0.15) is 11.1 Å². The van der Waals surface area contributed by atoms with Gasteiger partial charge < -0.3 is 20.1 Å². The van der Waals surface area contributed by atoms with E-state index in [4.69, 9.17) is 4.74 Å². The number of likely N-dealkylation sites (tertiary alicyclic amines) is 1. The molecule has 9 heteroatoms. The van der Waals surface area contributed by atoms with Crippen LogP contribution in [-0.2, 0) is 22.4 Å². The van der Waals surface area contributed by atoms with Crippen molar-refractivity contribution in [3.05, 3.63) is 52.2 Å². The van der Waals surface area contributed by atoms with Gasteiger partial charge in [-0.2, -0.15) is 5.26 Å². The minimum Gasteiger partial charge on any atom is -0.449 e. The number of rotatable bonds is 5. The van der Waals surface area contributed by atoms with Crippen molar-refractivity contribution in [2.45, 2.75) is 25.4 Å². The maximum atomic E-state index is 12.3. The summed E-state index contributed by atoms with van der Waals surface area (Å²) in [6.07, 6.45) is 7.79. The third-order valence-corrected chi connectivity index (χ3v) is 6.56. The van der Waals surface area contributed by atoms with Crippen LogP contribution in [0.3, 0.4) is 0 Å². The normalized spacial score (nSPS) is 18.2. The number of thiophene rings is 1. The van der Waals surface area contributed by atoms with E-state index in [1.54, 1.807) is 24.5 Å². The third kappa shape index (κ3) is 4.93. The molecule has 2 aromatic heterocycles. The number of aromatic nitrogens is 1. The van der Waals surface area contributed by atoms with E-state index in [9.17, 15) is 20.0 Å². The summed E-state index contributed by atoms with van der Waals surface area (Å²) < 4.78 is 5.38. The van der Waals surface area contributed by atoms with Crippen LogP contribution in [0.25, 0.3) is 6.08 Å². The zero-order valence-corrected chi connectivity index (χ0v) is 17.6. The molecule has 2 amide bonds. The average molecular weight is 439 g/mol. The predicted octanol–water partition coefficient (Wildman–Crippen LogP) is 2.58. The Balaban J connectivity index is 1.36. The number of nitrogens with one attached hydrogen (secondary N) is 1. The summed E-state index contributed by atoms with van der Waals surface area (Å²) in [4.78, 5) is 30.8. The molecule has 2 aromatic rings. The quantitative estimate of drug-likeness (QED) is 0.694. The fraction of sp³-hybridized carbons (Fsp3) is 0.364. The smallest absolute Gasteiger partial charge is 0.409 e. The lowest BCUT2D eigenvalue weighted by molar-refractivity contribution is -0.111. The van der Waals surface area contributed by atoms with Gasteiger partial charge in [-0.1, -0.05) is 6.07 Å². The zero-order valence-electron chi connectivity index (χ0n) is 16.8. The number of aliphatic hydroxyl groups excluding tert-OH is 1. The summed E-state index contributed by atoms with van der Waals surface area (Å²) in [6.45, 7) is 0.949. The van der Waals surface area contributed by atoms with Crippen LogP contribution in [0.15, 0.2) is 30.6 Å². The number of carbonyl (C=O) groups excluding carboxylic acids is 2. The molecule has 4 rings (SSSR count). The van der Waals surface area contributed by atoms with Crippen LogP contribution in [0.2, 0.25) is 0 Å². The number of hydrogen-bond donors (Lipinski definition) is 2. The standard InChI is InChI=1S/C22H22N4O4S/c23-9-18-17-5-3-15(13-30-22(29)26-11-16(27)12-26)8-19(17)31-21(18)25-20(28)6-4-14-2-1-7-24-10-14/h1-2,4,6-7,10,15-16,27H,3,5,8,11-13H2,(H,25,28). The molecule has 1 atom stereocenters. The van der Waals surface area contributed by atoms with Crippen LogP contribution in [0, 0.1) is 17.2 Å². The summed E-state index contributed by atoms with van der Waals surface area (Å²) >= 11 is 1.41. The molecule has 1 saturated heterocycles. The highest BCUT2D eigenvalue weighted by atomic mass is 32.1. The minimum atomic E-state index is -0.451. The number of hydrogen-bond acceptors (Lipinski definition) is 7. The van der Waals surface area contributed by atoms with Gasteiger partial charge in [-0.15, -0.1) is 11.3 Å². The van der Waals surface area contributed by atoms with Gasteiger partial charge in [-0.05, 0) is 48.4 Å². The Morgan fingerprint density at radius 3 is 3.00 bits per heavy atom. The molecule has 1 aliphatic heterocycles. The number of nitrogens with zero attached hydrogens (tertiary/aromatic N) is 3. The SMILES string of the molecule is N#Cc1c(NC(=O)C=Cc2cccnc2)sc2c1CCC(COC(=O)N1CC(O)C1)C2. The van der Waals surface area contributed by atoms with Crippen LogP contribution in [0.1, 0.15) is 28.0 Å². The van der Waals surface area contributed by atoms with E-state index in [-0.39, 0.29) is 11.8 Å². The Labute approximate surface area is 183 Å². The molecule has 0 aromatic carbocycles. The topological polar surface area (TPSA) is 116 Å². The zero-order chi connectivity index (χ0) is 21.8. The molecular weight excluding hydrogens is 416 g/mol. The molecule has 8 nitrogen and oxygen atoms in total. The molecule has 0 bridgehead atoms. The number of β-amino-alcohol motifs (C(OH)–C–C–N with tert-alkyl or cyclic N) is 1. The van der Waals surface area contributed by atoms with E-state index in [0.29, 0.717) is 43.1 Å². The highest BCUT2D eigenvalue weighted by Crippen LogP contribution is 2.39. The average Bonchev–Trinajstić information content (AvgIpc) is 3.10. The van der Waals surface area contributed by atoms with Crippen LogP contribution in [-0.4, -0.2) is 52.8 Å². The van der Waals surface area contributed by atoms with Crippen LogP contribution in [0.5, 0.6) is 0 Å². The first-order chi connectivity index (χ1) is 15.0. The van der Waals surface area contributed by atoms with Crippen LogP contribution in [0.4, 0.5) is 9.80 Å². The van der Waals surface area contributed by atoms with Crippen LogP contribution >= 0.6 is 11.3 Å². The molecule has 1 fully saturated rings. The first-order valence-corrected chi connectivity index (χ1v) is 10.9. The van der Waals surface area contributed by atoms with Crippen LogP contribution < -0.4 is 5.32 Å². The Hall–Kier alpha value is -3.22. The lowest BCUT2D eigenvalue weighted by atomic mass is 9.88. The number of fused-ring (bicyclic) bond motifs is 1. The Morgan fingerprint density at radius 2 is 2.29 bits per heavy atom. The summed E-state index contributed by atoms with van der Waals surface area (Å²) in [5, 5.41) is 22.3. The number of pyridine rings is 1. The first-order valence-electron chi connectivity index (χ1n) is 10.1. The van der Waals surface area contributed by atoms with Gasteiger partial charge in [0, 0.05) is 23.3 Å². The molecule has 1 aliphatic carbocycles. The number of amides is 2. The van der Waals surface area contributed by atoms with E-state index >= 15 is 0 Å². The van der Waals surface area contributed by atoms with E-state index < -0.39 is 12.2 Å². The van der Waals surface area contributed by atoms with Gasteiger partial charge in [0.2, 0.25) is 5.91 Å². The van der Waals surface area contributed by atoms with Gasteiger partial charge in [0.05, 0.1) is 31.4 Å². The molecular formula is C22H22N4O4S. The monoisotopic (exact) mass is 438 g/mol.